The fourth-order valence-corrected chi connectivity index (χ4v) is 2.34. The van der Waals surface area contributed by atoms with Crippen LogP contribution >= 0.6 is 0 Å². The highest BCUT2D eigenvalue weighted by atomic mass is 32.2. The second-order valence-electron chi connectivity index (χ2n) is 5.45. The van der Waals surface area contributed by atoms with Gasteiger partial charge in [0.05, 0.1) is 18.9 Å². The minimum Gasteiger partial charge on any atom is -0.493 e. The number of nitrogens with zero attached hydrogens (tertiary/aromatic N) is 1. The van der Waals surface area contributed by atoms with Crippen LogP contribution in [0.2, 0.25) is 0 Å². The van der Waals surface area contributed by atoms with Gasteiger partial charge in [-0.1, -0.05) is 19.1 Å². The molecule has 7 nitrogen and oxygen atoms in total. The van der Waals surface area contributed by atoms with Gasteiger partial charge in [0.1, 0.15) is 5.75 Å². The third-order valence-corrected chi connectivity index (χ3v) is 3.89. The number of nitrogens with one attached hydrogen (secondary N) is 2. The maximum absolute atomic E-state index is 11.0. The molecule has 0 aliphatic heterocycles. The Bertz CT molecular complexity index is 645. The summed E-state index contributed by atoms with van der Waals surface area (Å²) in [7, 11) is -3.49. The predicted molar refractivity (Wildman–Crippen MR) is 97.8 cm³/mol. The van der Waals surface area contributed by atoms with Gasteiger partial charge in [0, 0.05) is 18.7 Å². The first-order valence-corrected chi connectivity index (χ1v) is 9.82. The van der Waals surface area contributed by atoms with Crippen molar-refractivity contribution in [3.63, 3.8) is 0 Å². The normalized spacial score (nSPS) is 12.1. The van der Waals surface area contributed by atoms with E-state index in [0.717, 1.165) is 23.3 Å². The van der Waals surface area contributed by atoms with Crippen LogP contribution in [0.25, 0.3) is 0 Å². The molecule has 0 aliphatic carbocycles. The standard InChI is InChI=1S/C16H28N4O3S/c1-4-9-23-15-11-13(3)6-7-14(15)12-20-16(18-5-2)19-8-10-24(17,21)22/h6-7,11H,4-5,8-10,12H2,1-3H3,(H2,17,21,22)(H2,18,19,20). The summed E-state index contributed by atoms with van der Waals surface area (Å²) in [4.78, 5) is 4.48. The quantitative estimate of drug-likeness (QED) is 0.454. The van der Waals surface area contributed by atoms with Crippen LogP contribution in [-0.4, -0.2) is 39.8 Å². The molecule has 0 amide bonds. The molecule has 0 saturated heterocycles. The second-order valence-corrected chi connectivity index (χ2v) is 7.18. The molecule has 0 bridgehead atoms. The van der Waals surface area contributed by atoms with Crippen molar-refractivity contribution < 1.29 is 13.2 Å². The molecule has 0 aliphatic rings. The zero-order valence-corrected chi connectivity index (χ0v) is 15.4. The molecule has 0 aromatic heterocycles. The Kier molecular flexibility index (Phi) is 8.56. The third kappa shape index (κ3) is 8.16. The highest BCUT2D eigenvalue weighted by Crippen LogP contribution is 2.21. The van der Waals surface area contributed by atoms with Crippen molar-refractivity contribution in [3.05, 3.63) is 29.3 Å². The molecule has 24 heavy (non-hydrogen) atoms. The monoisotopic (exact) mass is 356 g/mol. The first kappa shape index (κ1) is 20.2. The van der Waals surface area contributed by atoms with Crippen LogP contribution in [0.3, 0.4) is 0 Å². The fraction of sp³-hybridized carbons (Fsp3) is 0.562. The van der Waals surface area contributed by atoms with E-state index < -0.39 is 10.0 Å². The van der Waals surface area contributed by atoms with Crippen LogP contribution in [0.1, 0.15) is 31.4 Å². The first-order valence-electron chi connectivity index (χ1n) is 8.10. The van der Waals surface area contributed by atoms with Crippen LogP contribution in [-0.2, 0) is 16.6 Å². The Morgan fingerprint density at radius 3 is 2.67 bits per heavy atom. The highest BCUT2D eigenvalue weighted by molar-refractivity contribution is 7.89. The van der Waals surface area contributed by atoms with Crippen molar-refractivity contribution in [2.75, 3.05) is 25.4 Å². The third-order valence-electron chi connectivity index (χ3n) is 3.12. The molecule has 0 unspecified atom stereocenters. The molecule has 136 valence electrons. The molecular formula is C16H28N4O3S. The van der Waals surface area contributed by atoms with E-state index in [1.807, 2.05) is 32.0 Å². The number of aliphatic imine (C=N–C) groups is 1. The Balaban J connectivity index is 2.77. The summed E-state index contributed by atoms with van der Waals surface area (Å²) in [6.07, 6.45) is 0.939. The molecule has 0 fully saturated rings. The lowest BCUT2D eigenvalue weighted by molar-refractivity contribution is 0.314. The zero-order valence-electron chi connectivity index (χ0n) is 14.6. The van der Waals surface area contributed by atoms with Gasteiger partial charge in [-0.05, 0) is 31.9 Å². The number of guanidine groups is 1. The lowest BCUT2D eigenvalue weighted by Gasteiger charge is -2.13. The van der Waals surface area contributed by atoms with Crippen molar-refractivity contribution in [1.82, 2.24) is 10.6 Å². The van der Waals surface area contributed by atoms with Crippen molar-refractivity contribution in [2.24, 2.45) is 10.1 Å². The van der Waals surface area contributed by atoms with Crippen molar-refractivity contribution in [2.45, 2.75) is 33.7 Å². The zero-order chi connectivity index (χ0) is 18.0. The van der Waals surface area contributed by atoms with Gasteiger partial charge in [-0.3, -0.25) is 0 Å². The molecule has 1 rings (SSSR count). The largest absolute Gasteiger partial charge is 0.493 e. The van der Waals surface area contributed by atoms with Gasteiger partial charge in [0.25, 0.3) is 0 Å². The van der Waals surface area contributed by atoms with Gasteiger partial charge in [-0.25, -0.2) is 18.5 Å². The minimum atomic E-state index is -3.49. The molecule has 0 saturated carbocycles. The van der Waals surface area contributed by atoms with E-state index in [1.54, 1.807) is 0 Å². The van der Waals surface area contributed by atoms with Crippen LogP contribution in [0.5, 0.6) is 5.75 Å². The minimum absolute atomic E-state index is 0.146. The van der Waals surface area contributed by atoms with Gasteiger partial charge >= 0.3 is 0 Å². The van der Waals surface area contributed by atoms with E-state index in [9.17, 15) is 8.42 Å². The summed E-state index contributed by atoms with van der Waals surface area (Å²) in [5.41, 5.74) is 2.12. The Hall–Kier alpha value is -1.80. The number of nitrogens with two attached hydrogens (primary N) is 1. The van der Waals surface area contributed by atoms with E-state index >= 15 is 0 Å². The summed E-state index contributed by atoms with van der Waals surface area (Å²) in [5, 5.41) is 11.0. The van der Waals surface area contributed by atoms with Gasteiger partial charge in [0.15, 0.2) is 5.96 Å². The number of sulfonamides is 1. The summed E-state index contributed by atoms with van der Waals surface area (Å²) in [5.74, 6) is 1.23. The van der Waals surface area contributed by atoms with Crippen molar-refractivity contribution in [1.29, 1.82) is 0 Å². The maximum Gasteiger partial charge on any atom is 0.210 e. The number of ether oxygens (including phenoxy) is 1. The highest BCUT2D eigenvalue weighted by Gasteiger charge is 2.06. The van der Waals surface area contributed by atoms with E-state index in [1.165, 1.54) is 0 Å². The van der Waals surface area contributed by atoms with Gasteiger partial charge < -0.3 is 15.4 Å². The molecule has 1 aromatic rings. The average molecular weight is 356 g/mol. The average Bonchev–Trinajstić information content (AvgIpc) is 2.50. The topological polar surface area (TPSA) is 106 Å². The Morgan fingerprint density at radius 2 is 2.04 bits per heavy atom. The summed E-state index contributed by atoms with van der Waals surface area (Å²) in [6, 6.07) is 6.02. The first-order chi connectivity index (χ1) is 11.4. The molecule has 4 N–H and O–H groups in total. The molecule has 1 aromatic carbocycles. The summed E-state index contributed by atoms with van der Waals surface area (Å²) >= 11 is 0. The van der Waals surface area contributed by atoms with Crippen LogP contribution in [0, 0.1) is 6.92 Å². The molecule has 0 atom stereocenters. The number of benzene rings is 1. The van der Waals surface area contributed by atoms with E-state index in [2.05, 4.69) is 22.5 Å². The summed E-state index contributed by atoms with van der Waals surface area (Å²) < 4.78 is 27.8. The molecular weight excluding hydrogens is 328 g/mol. The number of aryl methyl sites for hydroxylation is 1. The number of hydrogen-bond donors (Lipinski definition) is 3. The van der Waals surface area contributed by atoms with Gasteiger partial charge in [-0.2, -0.15) is 0 Å². The number of primary sulfonamides is 1. The summed E-state index contributed by atoms with van der Waals surface area (Å²) in [6.45, 7) is 8.00. The Labute approximate surface area is 144 Å². The van der Waals surface area contributed by atoms with Crippen LogP contribution in [0.15, 0.2) is 23.2 Å². The number of rotatable bonds is 9. The lowest BCUT2D eigenvalue weighted by Crippen LogP contribution is -2.40. The maximum atomic E-state index is 11.0. The van der Waals surface area contributed by atoms with Gasteiger partial charge in [-0.15, -0.1) is 0 Å². The molecule has 0 radical (unpaired) electrons. The van der Waals surface area contributed by atoms with Crippen LogP contribution < -0.4 is 20.5 Å². The smallest absolute Gasteiger partial charge is 0.210 e. The SMILES string of the molecule is CCCOc1cc(C)ccc1CN=C(NCC)NCCS(N)(=O)=O. The molecule has 0 heterocycles. The van der Waals surface area contributed by atoms with Crippen molar-refractivity contribution in [3.8, 4) is 5.75 Å². The van der Waals surface area contributed by atoms with Crippen molar-refractivity contribution >= 4 is 16.0 Å². The second kappa shape index (κ2) is 10.1. The van der Waals surface area contributed by atoms with E-state index in [0.29, 0.717) is 25.7 Å². The van der Waals surface area contributed by atoms with E-state index in [-0.39, 0.29) is 12.3 Å². The fourth-order valence-electron chi connectivity index (χ4n) is 1.96. The van der Waals surface area contributed by atoms with Crippen LogP contribution in [0.4, 0.5) is 0 Å². The lowest BCUT2D eigenvalue weighted by atomic mass is 10.1. The Morgan fingerprint density at radius 1 is 1.29 bits per heavy atom. The predicted octanol–water partition coefficient (Wildman–Crippen LogP) is 1.13. The number of hydrogen-bond acceptors (Lipinski definition) is 4. The molecule has 0 spiro atoms. The van der Waals surface area contributed by atoms with E-state index in [4.69, 9.17) is 9.88 Å². The van der Waals surface area contributed by atoms with Gasteiger partial charge in [0.2, 0.25) is 10.0 Å². The molecule has 8 heteroatoms.